The monoisotopic (exact) mass is 1270 g/mol. The van der Waals surface area contributed by atoms with Crippen LogP contribution in [-0.4, -0.2) is 38.2 Å². The molecular formula is C92H58N8. The summed E-state index contributed by atoms with van der Waals surface area (Å²) in [6, 6.07) is 127. The van der Waals surface area contributed by atoms with Gasteiger partial charge in [0, 0.05) is 45.0 Å². The molecule has 0 aliphatic carbocycles. The normalized spacial score (nSPS) is 11.8. The maximum Gasteiger partial charge on any atom is 0.145 e. The van der Waals surface area contributed by atoms with E-state index >= 15 is 0 Å². The quantitative estimate of drug-likeness (QED) is 0.114. The van der Waals surface area contributed by atoms with Crippen LogP contribution < -0.4 is 0 Å². The predicted molar refractivity (Wildman–Crippen MR) is 412 cm³/mol. The van der Waals surface area contributed by atoms with E-state index in [-0.39, 0.29) is 0 Å². The minimum Gasteiger partial charge on any atom is -0.292 e. The van der Waals surface area contributed by atoms with Crippen LogP contribution in [0.3, 0.4) is 0 Å². The molecule has 0 saturated carbocycles. The molecule has 100 heavy (non-hydrogen) atoms. The molecule has 16 aromatic carbocycles. The number of aromatic nitrogens is 8. The smallest absolute Gasteiger partial charge is 0.145 e. The van der Waals surface area contributed by atoms with Crippen LogP contribution in [0.2, 0.25) is 0 Å². The Kier molecular flexibility index (Phi) is 13.1. The zero-order valence-corrected chi connectivity index (χ0v) is 54.1. The number of nitrogens with zero attached hydrogens (tertiary/aromatic N) is 8. The summed E-state index contributed by atoms with van der Waals surface area (Å²) in [4.78, 5) is 20.9. The number of fused-ring (bicyclic) bond motifs is 4. The molecule has 0 spiro atoms. The van der Waals surface area contributed by atoms with Crippen LogP contribution in [0.1, 0.15) is 0 Å². The van der Waals surface area contributed by atoms with E-state index in [1.807, 2.05) is 0 Å². The highest BCUT2D eigenvalue weighted by Crippen LogP contribution is 2.50. The molecule has 466 valence electrons. The molecule has 20 aromatic rings. The average molecular weight is 1280 g/mol. The largest absolute Gasteiger partial charge is 0.292 e. The first-order valence-electron chi connectivity index (χ1n) is 33.9. The zero-order valence-electron chi connectivity index (χ0n) is 54.1. The molecule has 0 atom stereocenters. The van der Waals surface area contributed by atoms with Crippen molar-refractivity contribution in [3.63, 3.8) is 0 Å². The van der Waals surface area contributed by atoms with Gasteiger partial charge in [-0.2, -0.15) is 0 Å². The van der Waals surface area contributed by atoms with E-state index in [0.29, 0.717) is 0 Å². The van der Waals surface area contributed by atoms with Crippen LogP contribution in [0.5, 0.6) is 0 Å². The van der Waals surface area contributed by atoms with Gasteiger partial charge >= 0.3 is 0 Å². The summed E-state index contributed by atoms with van der Waals surface area (Å²) in [5.74, 6) is 3.60. The first kappa shape index (κ1) is 56.8. The number of hydrogen-bond donors (Lipinski definition) is 0. The van der Waals surface area contributed by atoms with Crippen LogP contribution in [0, 0.1) is 0 Å². The van der Waals surface area contributed by atoms with Crippen LogP contribution in [-0.2, 0) is 0 Å². The van der Waals surface area contributed by atoms with Crippen molar-refractivity contribution in [1.29, 1.82) is 0 Å². The van der Waals surface area contributed by atoms with Gasteiger partial charge in [-0.1, -0.05) is 243 Å². The molecule has 20 rings (SSSR count). The Hall–Kier alpha value is -13.6. The Balaban J connectivity index is 0.814. The van der Waals surface area contributed by atoms with E-state index in [4.69, 9.17) is 19.9 Å². The Labute approximate surface area is 575 Å². The minimum absolute atomic E-state index is 0.901. The van der Waals surface area contributed by atoms with E-state index in [2.05, 4.69) is 370 Å². The second-order valence-electron chi connectivity index (χ2n) is 25.7. The van der Waals surface area contributed by atoms with E-state index in [0.717, 1.165) is 157 Å². The Bertz CT molecular complexity index is 5720. The fourth-order valence-corrected chi connectivity index (χ4v) is 15.4. The van der Waals surface area contributed by atoms with Crippen LogP contribution in [0.4, 0.5) is 0 Å². The molecule has 0 N–H and O–H groups in total. The van der Waals surface area contributed by atoms with Gasteiger partial charge in [0.05, 0.1) is 44.1 Å². The number of para-hydroxylation sites is 8. The van der Waals surface area contributed by atoms with Crippen LogP contribution >= 0.6 is 0 Å². The van der Waals surface area contributed by atoms with Gasteiger partial charge < -0.3 is 0 Å². The van der Waals surface area contributed by atoms with E-state index in [1.54, 1.807) is 0 Å². The number of rotatable bonds is 12. The van der Waals surface area contributed by atoms with Crippen molar-refractivity contribution in [3.05, 3.63) is 352 Å². The Morgan fingerprint density at radius 3 is 0.590 bits per heavy atom. The van der Waals surface area contributed by atoms with Crippen molar-refractivity contribution in [2.45, 2.75) is 0 Å². The molecule has 0 amide bonds. The van der Waals surface area contributed by atoms with Gasteiger partial charge in [-0.3, -0.25) is 18.3 Å². The molecule has 0 aliphatic rings. The highest BCUT2D eigenvalue weighted by molar-refractivity contribution is 6.32. The molecular weight excluding hydrogens is 1220 g/mol. The molecule has 0 saturated heterocycles. The van der Waals surface area contributed by atoms with E-state index in [9.17, 15) is 0 Å². The maximum absolute atomic E-state index is 5.22. The summed E-state index contributed by atoms with van der Waals surface area (Å²) in [7, 11) is 0. The lowest BCUT2D eigenvalue weighted by molar-refractivity contribution is 1.10. The summed E-state index contributed by atoms with van der Waals surface area (Å²) in [6.07, 6.45) is 0. The highest BCUT2D eigenvalue weighted by Gasteiger charge is 2.25. The summed E-state index contributed by atoms with van der Waals surface area (Å²) >= 11 is 0. The lowest BCUT2D eigenvalue weighted by Crippen LogP contribution is -1.99. The van der Waals surface area contributed by atoms with Crippen molar-refractivity contribution >= 4 is 76.5 Å². The van der Waals surface area contributed by atoms with Gasteiger partial charge in [0.1, 0.15) is 23.3 Å². The number of imidazole rings is 4. The Morgan fingerprint density at radius 2 is 0.370 bits per heavy atom. The maximum atomic E-state index is 5.22. The summed E-state index contributed by atoms with van der Waals surface area (Å²) < 4.78 is 9.17. The number of benzene rings is 16. The second kappa shape index (κ2) is 23.1. The van der Waals surface area contributed by atoms with Crippen molar-refractivity contribution in [3.8, 4) is 113 Å². The first-order chi connectivity index (χ1) is 49.6. The SMILES string of the molecule is c1ccc(-c2nc3ccccc3n2-c2ccc(-c3cc(-c4ccc(-n5c(-c6ccccc6)nc6ccccc65)cc4)c4ccc5c(-c6ccc(-n7c(-c8ccccc8)nc8ccccc87)cc6)cc(-c6ccc(-n7c(-c8ccccc8)nc8ccccc87)cc6)c6ccc3c4c65)cc2)cc1. The molecule has 0 radical (unpaired) electrons. The molecule has 4 aromatic heterocycles. The van der Waals surface area contributed by atoms with Crippen molar-refractivity contribution < 1.29 is 0 Å². The molecule has 0 unspecified atom stereocenters. The minimum atomic E-state index is 0.901. The highest BCUT2D eigenvalue weighted by atomic mass is 15.1. The summed E-state index contributed by atoms with van der Waals surface area (Å²) in [6.45, 7) is 0. The van der Waals surface area contributed by atoms with Gasteiger partial charge in [-0.25, -0.2) is 19.9 Å². The van der Waals surface area contributed by atoms with Gasteiger partial charge in [0.25, 0.3) is 0 Å². The molecule has 0 bridgehead atoms. The molecule has 0 fully saturated rings. The molecule has 4 heterocycles. The van der Waals surface area contributed by atoms with Gasteiger partial charge in [0.15, 0.2) is 0 Å². The van der Waals surface area contributed by atoms with Gasteiger partial charge in [-0.05, 0) is 186 Å². The van der Waals surface area contributed by atoms with Crippen LogP contribution in [0.15, 0.2) is 352 Å². The van der Waals surface area contributed by atoms with Crippen LogP contribution in [0.25, 0.3) is 189 Å². The lowest BCUT2D eigenvalue weighted by atomic mass is 9.82. The zero-order chi connectivity index (χ0) is 65.8. The number of hydrogen-bond acceptors (Lipinski definition) is 4. The second-order valence-corrected chi connectivity index (χ2v) is 25.7. The first-order valence-corrected chi connectivity index (χ1v) is 33.9. The third kappa shape index (κ3) is 9.23. The predicted octanol–water partition coefficient (Wildman–Crippen LogP) is 23.3. The van der Waals surface area contributed by atoms with Gasteiger partial charge in [-0.15, -0.1) is 0 Å². The molecule has 8 nitrogen and oxygen atoms in total. The summed E-state index contributed by atoms with van der Waals surface area (Å²) in [5, 5.41) is 7.11. The summed E-state index contributed by atoms with van der Waals surface area (Å²) in [5.41, 5.74) is 25.4. The third-order valence-electron chi connectivity index (χ3n) is 20.0. The van der Waals surface area contributed by atoms with Crippen molar-refractivity contribution in [1.82, 2.24) is 38.2 Å². The fourth-order valence-electron chi connectivity index (χ4n) is 15.4. The van der Waals surface area contributed by atoms with Gasteiger partial charge in [0.2, 0.25) is 0 Å². The van der Waals surface area contributed by atoms with E-state index in [1.165, 1.54) is 32.3 Å². The van der Waals surface area contributed by atoms with Crippen molar-refractivity contribution in [2.24, 2.45) is 0 Å². The fraction of sp³-hybridized carbons (Fsp3) is 0. The van der Waals surface area contributed by atoms with E-state index < -0.39 is 0 Å². The average Bonchev–Trinajstić information content (AvgIpc) is 1.07. The standard InChI is InChI=1S/C92H58N8/c1-5-21-63(22-6-1)89-93-79-29-13-17-33-83(79)97(89)67-45-37-59(38-46-67)75-57-76(60-39-47-68(48-40-60)98-84-34-18-14-30-80(84)94-90(98)64-23-7-2-8-24-64)72-55-56-74-78(62-43-51-70(52-44-62)100-86-36-20-16-32-82(86)96-92(100)66-27-11-4-12-28-66)58-77(73-54-53-71(75)87(72)88(73)74)61-41-49-69(50-42-61)99-85-35-19-15-31-81(85)95-91(99)65-25-9-3-10-26-65/h1-58H. The molecule has 0 aliphatic heterocycles. The third-order valence-corrected chi connectivity index (χ3v) is 20.0. The molecule has 8 heteroatoms. The topological polar surface area (TPSA) is 71.3 Å². The lowest BCUT2D eigenvalue weighted by Gasteiger charge is -2.22. The van der Waals surface area contributed by atoms with Crippen molar-refractivity contribution in [2.75, 3.05) is 0 Å². The Morgan fingerprint density at radius 1 is 0.170 bits per heavy atom.